The van der Waals surface area contributed by atoms with Crippen LogP contribution in [0.1, 0.15) is 38.5 Å². The molecule has 0 aliphatic heterocycles. The highest BCUT2D eigenvalue weighted by Gasteiger charge is 2.15. The normalized spacial score (nSPS) is 18.9. The molecule has 1 aliphatic carbocycles. The second kappa shape index (κ2) is 8.31. The molecule has 6 nitrogen and oxygen atoms in total. The van der Waals surface area contributed by atoms with E-state index in [2.05, 4.69) is 10.0 Å². The molecular weight excluding hydrogens is 300 g/mol. The lowest BCUT2D eigenvalue weighted by atomic mass is 10.1. The van der Waals surface area contributed by atoms with Gasteiger partial charge in [0.1, 0.15) is 9.84 Å². The standard InChI is InChI=1S/C12H26N2O4S2/c1-19(15,16)10-11-20(17,18)14-9-8-13-12-6-4-2-3-5-7-12/h12-14H,2-11H2,1H3. The van der Waals surface area contributed by atoms with Gasteiger partial charge in [0.05, 0.1) is 11.5 Å². The van der Waals surface area contributed by atoms with Gasteiger partial charge in [-0.15, -0.1) is 0 Å². The average molecular weight is 326 g/mol. The summed E-state index contributed by atoms with van der Waals surface area (Å²) in [6.07, 6.45) is 8.39. The first-order valence-corrected chi connectivity index (χ1v) is 10.9. The van der Waals surface area contributed by atoms with Gasteiger partial charge in [0.25, 0.3) is 0 Å². The number of hydrogen-bond acceptors (Lipinski definition) is 5. The zero-order chi connectivity index (χ0) is 15.1. The summed E-state index contributed by atoms with van der Waals surface area (Å²) in [7, 11) is -6.74. The second-order valence-corrected chi connectivity index (χ2v) is 9.67. The summed E-state index contributed by atoms with van der Waals surface area (Å²) >= 11 is 0. The number of nitrogens with one attached hydrogen (secondary N) is 2. The molecular formula is C12H26N2O4S2. The first kappa shape index (κ1) is 17.9. The van der Waals surface area contributed by atoms with Gasteiger partial charge in [-0.2, -0.15) is 0 Å². The Balaban J connectivity index is 2.19. The van der Waals surface area contributed by atoms with Crippen LogP contribution in [-0.2, 0) is 19.9 Å². The minimum absolute atomic E-state index is 0.308. The molecule has 20 heavy (non-hydrogen) atoms. The monoisotopic (exact) mass is 326 g/mol. The number of sulfonamides is 1. The Morgan fingerprint density at radius 3 is 2.05 bits per heavy atom. The first-order chi connectivity index (χ1) is 9.29. The van der Waals surface area contributed by atoms with E-state index in [1.807, 2.05) is 0 Å². The molecule has 1 saturated carbocycles. The zero-order valence-corrected chi connectivity index (χ0v) is 13.7. The maximum absolute atomic E-state index is 11.6. The Morgan fingerprint density at radius 1 is 0.900 bits per heavy atom. The van der Waals surface area contributed by atoms with Crippen molar-refractivity contribution in [2.24, 2.45) is 0 Å². The molecule has 0 radical (unpaired) electrons. The molecule has 0 saturated heterocycles. The predicted octanol–water partition coefficient (Wildman–Crippen LogP) is 0.263. The summed E-state index contributed by atoms with van der Waals surface area (Å²) in [5.74, 6) is -0.701. The van der Waals surface area contributed by atoms with E-state index in [0.717, 1.165) is 19.1 Å². The van der Waals surface area contributed by atoms with Crippen LogP contribution in [0.15, 0.2) is 0 Å². The van der Waals surface area contributed by atoms with Crippen LogP contribution in [0, 0.1) is 0 Å². The Morgan fingerprint density at radius 2 is 1.50 bits per heavy atom. The van der Waals surface area contributed by atoms with Crippen LogP contribution in [0.4, 0.5) is 0 Å². The maximum atomic E-state index is 11.6. The van der Waals surface area contributed by atoms with Crippen LogP contribution >= 0.6 is 0 Å². The van der Waals surface area contributed by atoms with E-state index in [-0.39, 0.29) is 11.5 Å². The molecule has 1 rings (SSSR count). The van der Waals surface area contributed by atoms with Crippen LogP contribution in [0.3, 0.4) is 0 Å². The minimum Gasteiger partial charge on any atom is -0.313 e. The van der Waals surface area contributed by atoms with E-state index < -0.39 is 19.9 Å². The van der Waals surface area contributed by atoms with Crippen molar-refractivity contribution in [3.8, 4) is 0 Å². The fraction of sp³-hybridized carbons (Fsp3) is 1.00. The second-order valence-electron chi connectivity index (χ2n) is 5.49. The lowest BCUT2D eigenvalue weighted by Crippen LogP contribution is -2.38. The molecule has 2 N–H and O–H groups in total. The molecule has 1 aliphatic rings. The van der Waals surface area contributed by atoms with E-state index in [1.54, 1.807) is 0 Å². The van der Waals surface area contributed by atoms with Gasteiger partial charge in [0.15, 0.2) is 0 Å². The smallest absolute Gasteiger partial charge is 0.212 e. The molecule has 0 aromatic heterocycles. The van der Waals surface area contributed by atoms with Gasteiger partial charge in [-0.05, 0) is 12.8 Å². The van der Waals surface area contributed by atoms with E-state index in [0.29, 0.717) is 19.1 Å². The van der Waals surface area contributed by atoms with Crippen molar-refractivity contribution in [2.45, 2.75) is 44.6 Å². The molecule has 1 fully saturated rings. The fourth-order valence-electron chi connectivity index (χ4n) is 2.30. The topological polar surface area (TPSA) is 92.3 Å². The molecule has 0 aromatic rings. The maximum Gasteiger partial charge on any atom is 0.212 e. The van der Waals surface area contributed by atoms with Crippen LogP contribution in [-0.4, -0.2) is 53.7 Å². The van der Waals surface area contributed by atoms with E-state index in [9.17, 15) is 16.8 Å². The van der Waals surface area contributed by atoms with Crippen molar-refractivity contribution < 1.29 is 16.8 Å². The molecule has 0 unspecified atom stereocenters. The third-order valence-corrected chi connectivity index (χ3v) is 6.05. The van der Waals surface area contributed by atoms with Gasteiger partial charge in [0, 0.05) is 25.4 Å². The summed E-state index contributed by atoms with van der Waals surface area (Å²) < 4.78 is 47.5. The number of rotatable bonds is 8. The lowest BCUT2D eigenvalue weighted by Gasteiger charge is -2.16. The highest BCUT2D eigenvalue weighted by atomic mass is 32.2. The summed E-state index contributed by atoms with van der Waals surface area (Å²) in [5.41, 5.74) is 0. The fourth-order valence-corrected chi connectivity index (χ4v) is 4.95. The SMILES string of the molecule is CS(=O)(=O)CCS(=O)(=O)NCCNC1CCCCCC1. The molecule has 0 heterocycles. The summed E-state index contributed by atoms with van der Waals surface area (Å²) in [5, 5.41) is 3.36. The van der Waals surface area contributed by atoms with E-state index >= 15 is 0 Å². The predicted molar refractivity (Wildman–Crippen MR) is 81.0 cm³/mol. The summed E-state index contributed by atoms with van der Waals surface area (Å²) in [6, 6.07) is 0.484. The number of hydrogen-bond donors (Lipinski definition) is 2. The largest absolute Gasteiger partial charge is 0.313 e. The van der Waals surface area contributed by atoms with Crippen molar-refractivity contribution in [1.82, 2.24) is 10.0 Å². The molecule has 0 bridgehead atoms. The average Bonchev–Trinajstić information content (AvgIpc) is 2.60. The van der Waals surface area contributed by atoms with Crippen LogP contribution in [0.2, 0.25) is 0 Å². The van der Waals surface area contributed by atoms with E-state index in [1.165, 1.54) is 25.7 Å². The molecule has 120 valence electrons. The van der Waals surface area contributed by atoms with Crippen molar-refractivity contribution in [1.29, 1.82) is 0 Å². The minimum atomic E-state index is -3.49. The van der Waals surface area contributed by atoms with Crippen LogP contribution < -0.4 is 10.0 Å². The van der Waals surface area contributed by atoms with Crippen molar-refractivity contribution in [3.05, 3.63) is 0 Å². The molecule has 0 spiro atoms. The molecule has 0 atom stereocenters. The van der Waals surface area contributed by atoms with Crippen molar-refractivity contribution >= 4 is 19.9 Å². The van der Waals surface area contributed by atoms with Crippen LogP contribution in [0.5, 0.6) is 0 Å². The highest BCUT2D eigenvalue weighted by molar-refractivity contribution is 7.93. The van der Waals surface area contributed by atoms with Crippen molar-refractivity contribution in [3.63, 3.8) is 0 Å². The Labute approximate surface area is 122 Å². The van der Waals surface area contributed by atoms with Gasteiger partial charge in [-0.25, -0.2) is 21.6 Å². The highest BCUT2D eigenvalue weighted by Crippen LogP contribution is 2.16. The lowest BCUT2D eigenvalue weighted by molar-refractivity contribution is 0.461. The van der Waals surface area contributed by atoms with Gasteiger partial charge < -0.3 is 5.32 Å². The van der Waals surface area contributed by atoms with Crippen LogP contribution in [0.25, 0.3) is 0 Å². The van der Waals surface area contributed by atoms with Gasteiger partial charge in [-0.1, -0.05) is 25.7 Å². The van der Waals surface area contributed by atoms with Gasteiger partial charge in [-0.3, -0.25) is 0 Å². The molecule has 0 amide bonds. The summed E-state index contributed by atoms with van der Waals surface area (Å²) in [6.45, 7) is 0.894. The van der Waals surface area contributed by atoms with E-state index in [4.69, 9.17) is 0 Å². The third kappa shape index (κ3) is 8.89. The van der Waals surface area contributed by atoms with Gasteiger partial charge >= 0.3 is 0 Å². The Hall–Kier alpha value is -0.180. The summed E-state index contributed by atoms with van der Waals surface area (Å²) in [4.78, 5) is 0. The van der Waals surface area contributed by atoms with Crippen molar-refractivity contribution in [2.75, 3.05) is 30.9 Å². The molecule has 8 heteroatoms. The molecule has 0 aromatic carbocycles. The quantitative estimate of drug-likeness (QED) is 0.493. The van der Waals surface area contributed by atoms with Gasteiger partial charge in [0.2, 0.25) is 10.0 Å². The Bertz CT molecular complexity index is 466. The zero-order valence-electron chi connectivity index (χ0n) is 12.1. The Kier molecular flexibility index (Phi) is 7.42. The third-order valence-electron chi connectivity index (χ3n) is 3.46. The number of sulfone groups is 1. The first-order valence-electron chi connectivity index (χ1n) is 7.17.